The maximum Gasteiger partial charge on any atom is 0.239 e. The van der Waals surface area contributed by atoms with Crippen LogP contribution in [0.4, 0.5) is 0 Å². The first-order valence-electron chi connectivity index (χ1n) is 7.24. The van der Waals surface area contributed by atoms with E-state index in [2.05, 4.69) is 20.3 Å². The fourth-order valence-electron chi connectivity index (χ4n) is 2.00. The first kappa shape index (κ1) is 16.0. The number of hydrogen-bond donors (Lipinski definition) is 0. The van der Waals surface area contributed by atoms with Crippen molar-refractivity contribution >= 4 is 23.4 Å². The van der Waals surface area contributed by atoms with Gasteiger partial charge in [0.25, 0.3) is 0 Å². The molecule has 1 aromatic carbocycles. The van der Waals surface area contributed by atoms with Crippen molar-refractivity contribution in [2.24, 2.45) is 0 Å². The highest BCUT2D eigenvalue weighted by Gasteiger charge is 2.19. The predicted octanol–water partition coefficient (Wildman–Crippen LogP) is 4.03. The number of halogens is 1. The average molecular weight is 350 g/mol. The zero-order valence-electron chi connectivity index (χ0n) is 13.0. The molecule has 2 aromatic heterocycles. The summed E-state index contributed by atoms with van der Waals surface area (Å²) in [5.41, 5.74) is 1.95. The van der Waals surface area contributed by atoms with Gasteiger partial charge in [-0.1, -0.05) is 41.5 Å². The molecular weight excluding hydrogens is 334 g/mol. The molecule has 120 valence electrons. The third-order valence-corrected chi connectivity index (χ3v) is 4.83. The third kappa shape index (κ3) is 3.40. The molecule has 2 heterocycles. The van der Waals surface area contributed by atoms with E-state index in [0.29, 0.717) is 16.7 Å². The lowest BCUT2D eigenvalue weighted by atomic mass is 10.2. The molecule has 0 radical (unpaired) electrons. The first-order chi connectivity index (χ1) is 11.1. The summed E-state index contributed by atoms with van der Waals surface area (Å²) in [6.07, 6.45) is 2.42. The van der Waals surface area contributed by atoms with Crippen molar-refractivity contribution in [3.05, 3.63) is 46.8 Å². The fraction of sp³-hybridized carbons (Fsp3) is 0.333. The van der Waals surface area contributed by atoms with Gasteiger partial charge in [0.2, 0.25) is 5.89 Å². The molecule has 1 atom stereocenters. The van der Waals surface area contributed by atoms with Gasteiger partial charge in [-0.05, 0) is 31.5 Å². The summed E-state index contributed by atoms with van der Waals surface area (Å²) < 4.78 is 7.18. The summed E-state index contributed by atoms with van der Waals surface area (Å²) in [6.45, 7) is 5.96. The smallest absolute Gasteiger partial charge is 0.239 e. The number of rotatable bonds is 5. The summed E-state index contributed by atoms with van der Waals surface area (Å²) in [7, 11) is 0. The number of thioether (sulfide) groups is 1. The molecule has 6 nitrogen and oxygen atoms in total. The highest BCUT2D eigenvalue weighted by Crippen LogP contribution is 2.34. The monoisotopic (exact) mass is 349 g/mol. The molecule has 23 heavy (non-hydrogen) atoms. The Bertz CT molecular complexity index is 816. The normalized spacial score (nSPS) is 12.5. The van der Waals surface area contributed by atoms with Crippen molar-refractivity contribution in [1.29, 1.82) is 0 Å². The molecule has 0 N–H and O–H groups in total. The maximum absolute atomic E-state index is 6.21. The molecule has 0 bridgehead atoms. The van der Waals surface area contributed by atoms with Crippen LogP contribution in [0.15, 0.2) is 34.2 Å². The molecule has 3 aromatic rings. The van der Waals surface area contributed by atoms with Crippen molar-refractivity contribution in [1.82, 2.24) is 24.9 Å². The summed E-state index contributed by atoms with van der Waals surface area (Å²) in [5.74, 6) is 1.29. The van der Waals surface area contributed by atoms with Gasteiger partial charge < -0.3 is 4.52 Å². The summed E-state index contributed by atoms with van der Waals surface area (Å²) in [4.78, 5) is 4.36. The Balaban J connectivity index is 1.84. The summed E-state index contributed by atoms with van der Waals surface area (Å²) >= 11 is 7.72. The van der Waals surface area contributed by atoms with Crippen LogP contribution in [0.1, 0.15) is 36.4 Å². The van der Waals surface area contributed by atoms with Crippen LogP contribution >= 0.6 is 23.4 Å². The van der Waals surface area contributed by atoms with Crippen molar-refractivity contribution < 1.29 is 4.52 Å². The lowest BCUT2D eigenvalue weighted by Gasteiger charge is -2.09. The Labute approximate surface area is 143 Å². The Hall–Kier alpha value is -1.86. The second kappa shape index (κ2) is 6.72. The molecule has 0 fully saturated rings. The quantitative estimate of drug-likeness (QED) is 0.648. The van der Waals surface area contributed by atoms with Gasteiger partial charge in [0, 0.05) is 11.4 Å². The molecule has 0 saturated heterocycles. The average Bonchev–Trinajstić information content (AvgIpc) is 3.19. The lowest BCUT2D eigenvalue weighted by Crippen LogP contribution is -1.98. The Morgan fingerprint density at radius 2 is 2.22 bits per heavy atom. The summed E-state index contributed by atoms with van der Waals surface area (Å²) in [6, 6.07) is 5.86. The molecule has 8 heteroatoms. The second-order valence-electron chi connectivity index (χ2n) is 5.08. The van der Waals surface area contributed by atoms with E-state index < -0.39 is 0 Å². The molecule has 0 saturated carbocycles. The second-order valence-corrected chi connectivity index (χ2v) is 6.79. The van der Waals surface area contributed by atoms with Gasteiger partial charge in [-0.15, -0.1) is 10.2 Å². The van der Waals surface area contributed by atoms with Crippen LogP contribution in [-0.2, 0) is 6.42 Å². The third-order valence-electron chi connectivity index (χ3n) is 3.38. The van der Waals surface area contributed by atoms with E-state index in [0.717, 1.165) is 22.8 Å². The number of benzene rings is 1. The van der Waals surface area contributed by atoms with E-state index in [9.17, 15) is 0 Å². The van der Waals surface area contributed by atoms with E-state index in [1.165, 1.54) is 11.8 Å². The van der Waals surface area contributed by atoms with Gasteiger partial charge in [0.05, 0.1) is 10.9 Å². The van der Waals surface area contributed by atoms with E-state index in [4.69, 9.17) is 16.1 Å². The molecule has 0 aliphatic heterocycles. The first-order valence-corrected chi connectivity index (χ1v) is 8.50. The minimum absolute atomic E-state index is 0.0216. The van der Waals surface area contributed by atoms with E-state index >= 15 is 0 Å². The zero-order valence-corrected chi connectivity index (χ0v) is 14.6. The van der Waals surface area contributed by atoms with Gasteiger partial charge in [0.1, 0.15) is 6.33 Å². The lowest BCUT2D eigenvalue weighted by molar-refractivity contribution is 0.375. The van der Waals surface area contributed by atoms with Crippen LogP contribution in [0.3, 0.4) is 0 Å². The van der Waals surface area contributed by atoms with E-state index in [1.807, 2.05) is 43.5 Å². The van der Waals surface area contributed by atoms with Crippen molar-refractivity contribution in [2.75, 3.05) is 0 Å². The van der Waals surface area contributed by atoms with Crippen LogP contribution in [0.2, 0.25) is 5.02 Å². The van der Waals surface area contributed by atoms with Crippen LogP contribution in [-0.4, -0.2) is 24.9 Å². The molecule has 0 unspecified atom stereocenters. The van der Waals surface area contributed by atoms with Crippen LogP contribution in [0.5, 0.6) is 0 Å². The van der Waals surface area contributed by atoms with Crippen LogP contribution in [0.25, 0.3) is 5.69 Å². The summed E-state index contributed by atoms with van der Waals surface area (Å²) in [5, 5.41) is 13.5. The number of nitrogens with zero attached hydrogens (tertiary/aromatic N) is 5. The van der Waals surface area contributed by atoms with Gasteiger partial charge in [-0.3, -0.25) is 4.57 Å². The number of aryl methyl sites for hydroxylation is 2. The van der Waals surface area contributed by atoms with Gasteiger partial charge in [-0.25, -0.2) is 0 Å². The minimum atomic E-state index is -0.0216. The van der Waals surface area contributed by atoms with Gasteiger partial charge in [0.15, 0.2) is 11.0 Å². The minimum Gasteiger partial charge on any atom is -0.338 e. The molecular formula is C15H16ClN5OS. The predicted molar refractivity (Wildman–Crippen MR) is 89.1 cm³/mol. The van der Waals surface area contributed by atoms with Gasteiger partial charge >= 0.3 is 0 Å². The molecule has 0 aliphatic carbocycles. The van der Waals surface area contributed by atoms with Crippen molar-refractivity contribution in [3.8, 4) is 5.69 Å². The zero-order chi connectivity index (χ0) is 16.4. The molecule has 0 aliphatic rings. The van der Waals surface area contributed by atoms with Crippen LogP contribution in [0, 0.1) is 6.92 Å². The van der Waals surface area contributed by atoms with Crippen LogP contribution < -0.4 is 0 Å². The Kier molecular flexibility index (Phi) is 4.68. The highest BCUT2D eigenvalue weighted by molar-refractivity contribution is 7.99. The maximum atomic E-state index is 6.21. The Morgan fingerprint density at radius 3 is 2.91 bits per heavy atom. The van der Waals surface area contributed by atoms with Gasteiger partial charge in [-0.2, -0.15) is 4.98 Å². The van der Waals surface area contributed by atoms with Crippen molar-refractivity contribution in [2.45, 2.75) is 37.6 Å². The molecule has 0 spiro atoms. The number of hydrogen-bond acceptors (Lipinski definition) is 6. The molecule has 0 amide bonds. The SMILES string of the molecule is CCc1noc([C@H](C)Sc2nncn2-c2ccc(C)c(Cl)c2)n1. The molecule has 3 rings (SSSR count). The highest BCUT2D eigenvalue weighted by atomic mass is 35.5. The van der Waals surface area contributed by atoms with Crippen molar-refractivity contribution in [3.63, 3.8) is 0 Å². The Morgan fingerprint density at radius 1 is 1.39 bits per heavy atom. The van der Waals surface area contributed by atoms with E-state index in [-0.39, 0.29) is 5.25 Å². The standard InChI is InChI=1S/C15H16ClN5OS/c1-4-13-18-14(22-20-13)10(3)23-15-19-17-8-21(15)11-6-5-9(2)12(16)7-11/h5-8,10H,4H2,1-3H3/t10-/m0/s1. The topological polar surface area (TPSA) is 69.6 Å². The fourth-order valence-corrected chi connectivity index (χ4v) is 3.05. The number of aromatic nitrogens is 5. The van der Waals surface area contributed by atoms with E-state index in [1.54, 1.807) is 6.33 Å². The largest absolute Gasteiger partial charge is 0.338 e.